The summed E-state index contributed by atoms with van der Waals surface area (Å²) < 4.78 is 0. The first-order valence-corrected chi connectivity index (χ1v) is 9.18. The molecule has 0 aliphatic carbocycles. The van der Waals surface area contributed by atoms with Gasteiger partial charge in [-0.3, -0.25) is 4.79 Å². The summed E-state index contributed by atoms with van der Waals surface area (Å²) in [7, 11) is 0. The van der Waals surface area contributed by atoms with Crippen LogP contribution in [0.1, 0.15) is 96.8 Å². The molecule has 0 unspecified atom stereocenters. The molecule has 0 bridgehead atoms. The summed E-state index contributed by atoms with van der Waals surface area (Å²) in [5.74, 6) is 0.0760. The Morgan fingerprint density at radius 3 is 1.62 bits per heavy atom. The highest BCUT2D eigenvalue weighted by atomic mass is 16.3. The van der Waals surface area contributed by atoms with E-state index in [-0.39, 0.29) is 12.5 Å². The topological polar surface area (TPSA) is 49.3 Å². The third-order valence-corrected chi connectivity index (χ3v) is 3.94. The molecule has 3 nitrogen and oxygen atoms in total. The molecule has 2 N–H and O–H groups in total. The normalized spacial score (nSPS) is 10.8. The molecule has 0 aliphatic heterocycles. The number of unbranched alkanes of at least 4 members (excludes halogenated alkanes) is 12. The van der Waals surface area contributed by atoms with Crippen LogP contribution in [-0.4, -0.2) is 24.2 Å². The van der Waals surface area contributed by atoms with Crippen LogP contribution in [0.15, 0.2) is 0 Å². The van der Waals surface area contributed by atoms with Crippen molar-refractivity contribution in [1.29, 1.82) is 0 Å². The Morgan fingerprint density at radius 2 is 1.19 bits per heavy atom. The Labute approximate surface area is 131 Å². The first-order chi connectivity index (χ1) is 10.3. The molecular weight excluding hydrogens is 264 g/mol. The van der Waals surface area contributed by atoms with Gasteiger partial charge in [-0.1, -0.05) is 84.0 Å². The van der Waals surface area contributed by atoms with Crippen molar-refractivity contribution in [3.63, 3.8) is 0 Å². The number of hydrogen-bond donors (Lipinski definition) is 2. The van der Waals surface area contributed by atoms with Crippen LogP contribution in [-0.2, 0) is 4.79 Å². The lowest BCUT2D eigenvalue weighted by atomic mass is 10.0. The largest absolute Gasteiger partial charge is 0.395 e. The zero-order valence-corrected chi connectivity index (χ0v) is 14.2. The Morgan fingerprint density at radius 1 is 0.762 bits per heavy atom. The first-order valence-electron chi connectivity index (χ1n) is 9.18. The van der Waals surface area contributed by atoms with E-state index in [0.29, 0.717) is 13.0 Å². The molecule has 0 saturated carbocycles. The van der Waals surface area contributed by atoms with Gasteiger partial charge in [-0.05, 0) is 6.42 Å². The van der Waals surface area contributed by atoms with E-state index >= 15 is 0 Å². The van der Waals surface area contributed by atoms with E-state index in [0.717, 1.165) is 12.8 Å². The van der Waals surface area contributed by atoms with Gasteiger partial charge in [0.05, 0.1) is 6.61 Å². The summed E-state index contributed by atoms with van der Waals surface area (Å²) in [6.45, 7) is 2.68. The molecule has 3 heteroatoms. The Bertz CT molecular complexity index is 219. The van der Waals surface area contributed by atoms with Crippen molar-refractivity contribution in [3.05, 3.63) is 0 Å². The number of nitrogens with one attached hydrogen (secondary N) is 1. The minimum atomic E-state index is 0.0321. The zero-order chi connectivity index (χ0) is 15.6. The summed E-state index contributed by atoms with van der Waals surface area (Å²) in [5.41, 5.74) is 0. The third-order valence-electron chi connectivity index (χ3n) is 3.94. The number of aliphatic hydroxyl groups excluding tert-OH is 1. The molecule has 0 rings (SSSR count). The van der Waals surface area contributed by atoms with E-state index < -0.39 is 0 Å². The summed E-state index contributed by atoms with van der Waals surface area (Å²) >= 11 is 0. The molecule has 0 atom stereocenters. The van der Waals surface area contributed by atoms with Crippen molar-refractivity contribution in [2.75, 3.05) is 13.2 Å². The van der Waals surface area contributed by atoms with Gasteiger partial charge in [0.15, 0.2) is 0 Å². The number of rotatable bonds is 16. The van der Waals surface area contributed by atoms with Crippen LogP contribution in [0.2, 0.25) is 0 Å². The lowest BCUT2D eigenvalue weighted by Gasteiger charge is -2.04. The van der Waals surface area contributed by atoms with Gasteiger partial charge in [0.1, 0.15) is 0 Å². The lowest BCUT2D eigenvalue weighted by molar-refractivity contribution is -0.121. The van der Waals surface area contributed by atoms with E-state index in [1.807, 2.05) is 0 Å². The first kappa shape index (κ1) is 20.4. The molecule has 0 spiro atoms. The van der Waals surface area contributed by atoms with Crippen molar-refractivity contribution in [1.82, 2.24) is 5.32 Å². The molecule has 0 aliphatic rings. The second-order valence-corrected chi connectivity index (χ2v) is 6.07. The fraction of sp³-hybridized carbons (Fsp3) is 0.944. The lowest BCUT2D eigenvalue weighted by Crippen LogP contribution is -2.25. The maximum absolute atomic E-state index is 11.3. The van der Waals surface area contributed by atoms with Gasteiger partial charge >= 0.3 is 0 Å². The van der Waals surface area contributed by atoms with E-state index in [2.05, 4.69) is 12.2 Å². The van der Waals surface area contributed by atoms with Gasteiger partial charge in [-0.2, -0.15) is 0 Å². The van der Waals surface area contributed by atoms with Crippen LogP contribution < -0.4 is 5.32 Å². The SMILES string of the molecule is CCCCCCCCCCCCCCC[14C](=O)NCCO. The highest BCUT2D eigenvalue weighted by Crippen LogP contribution is 2.12. The minimum absolute atomic E-state index is 0.0321. The average molecular weight is 301 g/mol. The third kappa shape index (κ3) is 17.4. The molecule has 0 saturated heterocycles. The molecule has 0 aromatic carbocycles. The molecular formula is C18H37NO2. The molecule has 0 radical (unpaired) electrons. The molecule has 126 valence electrons. The second-order valence-electron chi connectivity index (χ2n) is 6.07. The highest BCUT2D eigenvalue weighted by molar-refractivity contribution is 5.75. The van der Waals surface area contributed by atoms with Crippen molar-refractivity contribution < 1.29 is 9.90 Å². The van der Waals surface area contributed by atoms with Gasteiger partial charge < -0.3 is 10.4 Å². The molecule has 1 amide bonds. The summed E-state index contributed by atoms with van der Waals surface area (Å²) in [5, 5.41) is 11.3. The van der Waals surface area contributed by atoms with E-state index in [1.165, 1.54) is 70.6 Å². The number of aliphatic hydroxyl groups is 1. The number of amides is 1. The zero-order valence-electron chi connectivity index (χ0n) is 14.2. The van der Waals surface area contributed by atoms with Crippen LogP contribution in [0.4, 0.5) is 0 Å². The van der Waals surface area contributed by atoms with Crippen molar-refractivity contribution in [2.45, 2.75) is 96.8 Å². The summed E-state index contributed by atoms with van der Waals surface area (Å²) in [6, 6.07) is 0. The Balaban J connectivity index is 3.04. The predicted octanol–water partition coefficient (Wildman–Crippen LogP) is 4.58. The maximum atomic E-state index is 11.3. The smallest absolute Gasteiger partial charge is 0.220 e. The highest BCUT2D eigenvalue weighted by Gasteiger charge is 1.99. The second kappa shape index (κ2) is 17.5. The van der Waals surface area contributed by atoms with E-state index in [4.69, 9.17) is 5.11 Å². The van der Waals surface area contributed by atoms with Gasteiger partial charge in [-0.15, -0.1) is 0 Å². The molecule has 0 aromatic rings. The summed E-state index contributed by atoms with van der Waals surface area (Å²) in [6.07, 6.45) is 17.9. The number of carbonyl (C=O) groups excluding carboxylic acids is 1. The maximum Gasteiger partial charge on any atom is 0.220 e. The molecule has 0 heterocycles. The van der Waals surface area contributed by atoms with Crippen LogP contribution in [0, 0.1) is 0 Å². The van der Waals surface area contributed by atoms with Crippen molar-refractivity contribution >= 4 is 5.91 Å². The molecule has 0 aromatic heterocycles. The van der Waals surface area contributed by atoms with Crippen molar-refractivity contribution in [2.24, 2.45) is 0 Å². The fourth-order valence-corrected chi connectivity index (χ4v) is 2.59. The number of hydrogen-bond acceptors (Lipinski definition) is 2. The predicted molar refractivity (Wildman–Crippen MR) is 90.4 cm³/mol. The Hall–Kier alpha value is -0.570. The van der Waals surface area contributed by atoms with Crippen molar-refractivity contribution in [3.8, 4) is 0 Å². The van der Waals surface area contributed by atoms with Crippen LogP contribution in [0.3, 0.4) is 0 Å². The number of carbonyl (C=O) groups is 1. The summed E-state index contributed by atoms with van der Waals surface area (Å²) in [4.78, 5) is 11.3. The van der Waals surface area contributed by atoms with Crippen LogP contribution >= 0.6 is 0 Å². The monoisotopic (exact) mass is 301 g/mol. The van der Waals surface area contributed by atoms with Crippen LogP contribution in [0.5, 0.6) is 0 Å². The fourth-order valence-electron chi connectivity index (χ4n) is 2.59. The van der Waals surface area contributed by atoms with Gasteiger partial charge in [-0.25, -0.2) is 0 Å². The minimum Gasteiger partial charge on any atom is -0.395 e. The van der Waals surface area contributed by atoms with Crippen LogP contribution in [0.25, 0.3) is 0 Å². The van der Waals surface area contributed by atoms with Gasteiger partial charge in [0.25, 0.3) is 0 Å². The van der Waals surface area contributed by atoms with E-state index in [9.17, 15) is 4.79 Å². The quantitative estimate of drug-likeness (QED) is 0.410. The molecule has 0 fully saturated rings. The van der Waals surface area contributed by atoms with Gasteiger partial charge in [0, 0.05) is 13.0 Å². The average Bonchev–Trinajstić information content (AvgIpc) is 2.49. The van der Waals surface area contributed by atoms with Gasteiger partial charge in [0.2, 0.25) is 5.91 Å². The molecule has 21 heavy (non-hydrogen) atoms. The Kier molecular flexibility index (Phi) is 17.0. The van der Waals surface area contributed by atoms with E-state index in [1.54, 1.807) is 0 Å². The standard InChI is InChI=1S/C18H37NO2/c1-2-3-4-5-6-7-8-9-10-11-12-13-14-15-18(21)19-16-17-20/h20H,2-17H2,1H3,(H,19,21)/i18+2.